The Morgan fingerprint density at radius 1 is 1.13 bits per heavy atom. The summed E-state index contributed by atoms with van der Waals surface area (Å²) < 4.78 is 3.81. The number of anilines is 1. The minimum Gasteiger partial charge on any atom is -0.349 e. The zero-order valence-corrected chi connectivity index (χ0v) is 18.8. The summed E-state index contributed by atoms with van der Waals surface area (Å²) in [6.07, 6.45) is 0. The molecule has 3 aromatic rings. The van der Waals surface area contributed by atoms with E-state index in [-0.39, 0.29) is 11.6 Å². The van der Waals surface area contributed by atoms with Crippen molar-refractivity contribution in [3.05, 3.63) is 75.8 Å². The average Bonchev–Trinajstić information content (AvgIpc) is 3.21. The number of nitrogens with zero attached hydrogens (tertiary/aromatic N) is 3. The highest BCUT2D eigenvalue weighted by Gasteiger charge is 2.36. The van der Waals surface area contributed by atoms with Crippen LogP contribution in [0.15, 0.2) is 53.9 Å². The summed E-state index contributed by atoms with van der Waals surface area (Å²) in [5.74, 6) is -0.725. The summed E-state index contributed by atoms with van der Waals surface area (Å²) >= 11 is 7.34. The highest BCUT2D eigenvalue weighted by molar-refractivity contribution is 7.03. The van der Waals surface area contributed by atoms with Gasteiger partial charge in [-0.15, -0.1) is 5.10 Å². The molecule has 2 aromatic carbocycles. The van der Waals surface area contributed by atoms with Crippen LogP contribution in [0.25, 0.3) is 0 Å². The Morgan fingerprint density at radius 2 is 1.83 bits per heavy atom. The fraction of sp³-hybridized carbons (Fsp3) is 0.273. The molecule has 0 aliphatic heterocycles. The number of halogens is 1. The van der Waals surface area contributed by atoms with Crippen LogP contribution in [-0.4, -0.2) is 26.9 Å². The number of aromatic nitrogens is 2. The van der Waals surface area contributed by atoms with Crippen molar-refractivity contribution < 1.29 is 9.59 Å². The lowest BCUT2D eigenvalue weighted by molar-refractivity contribution is -0.123. The number of rotatable bonds is 5. The van der Waals surface area contributed by atoms with Gasteiger partial charge in [-0.3, -0.25) is 14.5 Å². The summed E-state index contributed by atoms with van der Waals surface area (Å²) in [4.78, 5) is 28.5. The zero-order valence-electron chi connectivity index (χ0n) is 17.2. The molecule has 3 rings (SSSR count). The van der Waals surface area contributed by atoms with Crippen LogP contribution >= 0.6 is 23.1 Å². The van der Waals surface area contributed by atoms with Gasteiger partial charge in [0.2, 0.25) is 5.91 Å². The SMILES string of the molecule is Cc1ccc(Cl)cc1N(C(=O)c1csnn1)[C@H](C(=O)NC(C)(C)C)c1ccccc1. The third kappa shape index (κ3) is 5.04. The fourth-order valence-electron chi connectivity index (χ4n) is 3.08. The molecule has 0 radical (unpaired) electrons. The molecule has 1 aromatic heterocycles. The van der Waals surface area contributed by atoms with Crippen LogP contribution < -0.4 is 10.2 Å². The van der Waals surface area contributed by atoms with Crippen molar-refractivity contribution >= 4 is 40.6 Å². The van der Waals surface area contributed by atoms with Crippen molar-refractivity contribution in [2.75, 3.05) is 4.90 Å². The van der Waals surface area contributed by atoms with E-state index in [0.29, 0.717) is 16.3 Å². The Balaban J connectivity index is 2.21. The second-order valence-corrected chi connectivity index (χ2v) is 8.99. The van der Waals surface area contributed by atoms with E-state index < -0.39 is 17.5 Å². The number of nitrogens with one attached hydrogen (secondary N) is 1. The van der Waals surface area contributed by atoms with E-state index in [1.807, 2.05) is 64.1 Å². The molecule has 0 aliphatic rings. The fourth-order valence-corrected chi connectivity index (χ4v) is 3.68. The van der Waals surface area contributed by atoms with Crippen LogP contribution in [-0.2, 0) is 4.79 Å². The number of hydrogen-bond donors (Lipinski definition) is 1. The minimum absolute atomic E-state index is 0.170. The normalized spacial score (nSPS) is 12.3. The van der Waals surface area contributed by atoms with Gasteiger partial charge >= 0.3 is 0 Å². The number of carbonyl (C=O) groups excluding carboxylic acids is 2. The lowest BCUT2D eigenvalue weighted by atomic mass is 9.99. The molecule has 1 atom stereocenters. The average molecular weight is 443 g/mol. The van der Waals surface area contributed by atoms with Crippen LogP contribution in [0.1, 0.15) is 48.4 Å². The maximum atomic E-state index is 13.6. The smallest absolute Gasteiger partial charge is 0.280 e. The molecule has 8 heteroatoms. The largest absolute Gasteiger partial charge is 0.349 e. The predicted molar refractivity (Wildman–Crippen MR) is 120 cm³/mol. The lowest BCUT2D eigenvalue weighted by Gasteiger charge is -2.34. The second-order valence-electron chi connectivity index (χ2n) is 7.95. The van der Waals surface area contributed by atoms with Gasteiger partial charge in [0.1, 0.15) is 6.04 Å². The van der Waals surface area contributed by atoms with Gasteiger partial charge in [0.05, 0.1) is 0 Å². The molecule has 0 saturated carbocycles. The number of carbonyl (C=O) groups is 2. The molecule has 0 spiro atoms. The third-order valence-electron chi connectivity index (χ3n) is 4.35. The molecule has 30 heavy (non-hydrogen) atoms. The van der Waals surface area contributed by atoms with E-state index >= 15 is 0 Å². The number of amides is 2. The van der Waals surface area contributed by atoms with E-state index in [2.05, 4.69) is 14.9 Å². The van der Waals surface area contributed by atoms with Gasteiger partial charge in [0.25, 0.3) is 5.91 Å². The Labute approximate surface area is 185 Å². The van der Waals surface area contributed by atoms with Crippen molar-refractivity contribution in [3.63, 3.8) is 0 Å². The van der Waals surface area contributed by atoms with Crippen LogP contribution in [0, 0.1) is 6.92 Å². The summed E-state index contributed by atoms with van der Waals surface area (Å²) in [5, 5.41) is 8.97. The van der Waals surface area contributed by atoms with Crippen LogP contribution in [0.4, 0.5) is 5.69 Å². The highest BCUT2D eigenvalue weighted by Crippen LogP contribution is 2.34. The molecule has 0 saturated heterocycles. The van der Waals surface area contributed by atoms with E-state index in [1.54, 1.807) is 17.5 Å². The first kappa shape index (κ1) is 21.9. The predicted octanol–water partition coefficient (Wildman–Crippen LogP) is 4.80. The summed E-state index contributed by atoms with van der Waals surface area (Å²) in [5.41, 5.74) is 1.71. The van der Waals surface area contributed by atoms with Crippen molar-refractivity contribution in [2.24, 2.45) is 0 Å². The number of aryl methyl sites for hydroxylation is 1. The highest BCUT2D eigenvalue weighted by atomic mass is 35.5. The monoisotopic (exact) mass is 442 g/mol. The van der Waals surface area contributed by atoms with Gasteiger partial charge in [-0.1, -0.05) is 52.5 Å². The van der Waals surface area contributed by atoms with Crippen molar-refractivity contribution in [2.45, 2.75) is 39.3 Å². The van der Waals surface area contributed by atoms with E-state index in [9.17, 15) is 9.59 Å². The lowest BCUT2D eigenvalue weighted by Crippen LogP contribution is -2.49. The van der Waals surface area contributed by atoms with E-state index in [1.165, 1.54) is 4.90 Å². The Kier molecular flexibility index (Phi) is 6.53. The molecule has 0 fully saturated rings. The molecular weight excluding hydrogens is 420 g/mol. The molecule has 1 N–H and O–H groups in total. The van der Waals surface area contributed by atoms with Crippen LogP contribution in [0.2, 0.25) is 5.02 Å². The standard InChI is InChI=1S/C22H23ClN4O2S/c1-14-10-11-16(23)12-18(14)27(21(29)17-13-30-26-25-17)19(15-8-6-5-7-9-15)20(28)24-22(2,3)4/h5-13,19H,1-4H3,(H,24,28)/t19-/m0/s1. The summed E-state index contributed by atoms with van der Waals surface area (Å²) in [7, 11) is 0. The molecule has 6 nitrogen and oxygen atoms in total. The molecule has 0 aliphatic carbocycles. The number of benzene rings is 2. The van der Waals surface area contributed by atoms with E-state index in [0.717, 1.165) is 17.1 Å². The topological polar surface area (TPSA) is 75.2 Å². The Hall–Kier alpha value is -2.77. The van der Waals surface area contributed by atoms with Crippen LogP contribution in [0.5, 0.6) is 0 Å². The van der Waals surface area contributed by atoms with Gasteiger partial charge < -0.3 is 5.32 Å². The molecule has 2 amide bonds. The van der Waals surface area contributed by atoms with Gasteiger partial charge in [-0.05, 0) is 62.5 Å². The van der Waals surface area contributed by atoms with Gasteiger partial charge in [-0.25, -0.2) is 0 Å². The molecule has 1 heterocycles. The van der Waals surface area contributed by atoms with Crippen LogP contribution in [0.3, 0.4) is 0 Å². The van der Waals surface area contributed by atoms with Gasteiger partial charge in [0.15, 0.2) is 5.69 Å². The first-order valence-corrected chi connectivity index (χ1v) is 10.6. The Bertz CT molecular complexity index is 1030. The summed E-state index contributed by atoms with van der Waals surface area (Å²) in [6.45, 7) is 7.56. The first-order valence-electron chi connectivity index (χ1n) is 9.41. The maximum absolute atomic E-state index is 13.6. The maximum Gasteiger partial charge on any atom is 0.280 e. The Morgan fingerprint density at radius 3 is 2.43 bits per heavy atom. The summed E-state index contributed by atoms with van der Waals surface area (Å²) in [6, 6.07) is 13.5. The molecular formula is C22H23ClN4O2S. The van der Waals surface area contributed by atoms with Crippen molar-refractivity contribution in [1.82, 2.24) is 14.9 Å². The quantitative estimate of drug-likeness (QED) is 0.615. The molecule has 0 unspecified atom stereocenters. The van der Waals surface area contributed by atoms with Gasteiger partial charge in [0, 0.05) is 21.6 Å². The van der Waals surface area contributed by atoms with Crippen molar-refractivity contribution in [1.29, 1.82) is 0 Å². The minimum atomic E-state index is -0.920. The van der Waals surface area contributed by atoms with E-state index in [4.69, 9.17) is 11.6 Å². The van der Waals surface area contributed by atoms with Gasteiger partial charge in [-0.2, -0.15) is 0 Å². The first-order chi connectivity index (χ1) is 14.2. The zero-order chi connectivity index (χ0) is 21.9. The second kappa shape index (κ2) is 8.93. The number of hydrogen-bond acceptors (Lipinski definition) is 5. The third-order valence-corrected chi connectivity index (χ3v) is 5.09. The molecule has 156 valence electrons. The van der Waals surface area contributed by atoms with Crippen molar-refractivity contribution in [3.8, 4) is 0 Å². The molecule has 0 bridgehead atoms.